The molecule has 108 valence electrons. The Labute approximate surface area is 111 Å². The molecule has 1 unspecified atom stereocenters. The molecule has 1 rings (SSSR count). The minimum atomic E-state index is -0.410. The van der Waals surface area contributed by atoms with Crippen molar-refractivity contribution in [2.24, 2.45) is 7.05 Å². The Morgan fingerprint density at radius 2 is 2.21 bits per heavy atom. The number of aromatic nitrogens is 2. The fourth-order valence-corrected chi connectivity index (χ4v) is 1.80. The number of nitrogens with zero attached hydrogens (tertiary/aromatic N) is 3. The molecule has 0 saturated carbocycles. The highest BCUT2D eigenvalue weighted by atomic mass is 16.6. The summed E-state index contributed by atoms with van der Waals surface area (Å²) in [6.45, 7) is 2.66. The topological polar surface area (TPSA) is 91.5 Å². The number of methoxy groups -OCH3 is 2. The molecule has 1 N–H and O–H groups in total. The van der Waals surface area contributed by atoms with Crippen LogP contribution in [0.4, 0.5) is 11.5 Å². The average molecular weight is 272 g/mol. The second-order valence-electron chi connectivity index (χ2n) is 4.07. The molecule has 0 saturated heterocycles. The lowest BCUT2D eigenvalue weighted by molar-refractivity contribution is -0.384. The molecule has 1 heterocycles. The van der Waals surface area contributed by atoms with E-state index >= 15 is 0 Å². The van der Waals surface area contributed by atoms with Crippen LogP contribution in [0, 0.1) is 10.1 Å². The van der Waals surface area contributed by atoms with Crippen LogP contribution >= 0.6 is 0 Å². The monoisotopic (exact) mass is 272 g/mol. The van der Waals surface area contributed by atoms with Crippen molar-refractivity contribution in [3.63, 3.8) is 0 Å². The zero-order valence-electron chi connectivity index (χ0n) is 11.7. The van der Waals surface area contributed by atoms with Crippen LogP contribution in [0.5, 0.6) is 0 Å². The van der Waals surface area contributed by atoms with Crippen molar-refractivity contribution in [2.75, 3.05) is 32.7 Å². The van der Waals surface area contributed by atoms with E-state index in [2.05, 4.69) is 10.4 Å². The third-order valence-electron chi connectivity index (χ3n) is 2.79. The second kappa shape index (κ2) is 7.05. The molecule has 0 aliphatic heterocycles. The Morgan fingerprint density at radius 3 is 2.68 bits per heavy atom. The lowest BCUT2D eigenvalue weighted by Crippen LogP contribution is -2.27. The third-order valence-corrected chi connectivity index (χ3v) is 2.79. The van der Waals surface area contributed by atoms with E-state index in [4.69, 9.17) is 9.47 Å². The van der Waals surface area contributed by atoms with Gasteiger partial charge < -0.3 is 14.8 Å². The van der Waals surface area contributed by atoms with E-state index in [1.165, 1.54) is 4.68 Å². The van der Waals surface area contributed by atoms with Crippen molar-refractivity contribution >= 4 is 11.5 Å². The van der Waals surface area contributed by atoms with Crippen molar-refractivity contribution in [2.45, 2.75) is 19.4 Å². The number of anilines is 1. The smallest absolute Gasteiger partial charge is 0.333 e. The number of hydrogen-bond donors (Lipinski definition) is 1. The summed E-state index contributed by atoms with van der Waals surface area (Å²) >= 11 is 0. The maximum absolute atomic E-state index is 11.1. The first-order valence-electron chi connectivity index (χ1n) is 6.00. The Balaban J connectivity index is 2.88. The molecule has 0 spiro atoms. The molecule has 0 aromatic carbocycles. The normalized spacial score (nSPS) is 12.4. The average Bonchev–Trinajstić information content (AvgIpc) is 2.71. The molecule has 19 heavy (non-hydrogen) atoms. The van der Waals surface area contributed by atoms with Gasteiger partial charge in [0.1, 0.15) is 5.69 Å². The van der Waals surface area contributed by atoms with E-state index in [0.29, 0.717) is 31.1 Å². The molecular formula is C11H20N4O4. The van der Waals surface area contributed by atoms with Crippen molar-refractivity contribution in [3.05, 3.63) is 15.8 Å². The quantitative estimate of drug-likeness (QED) is 0.560. The largest absolute Gasteiger partial charge is 0.382 e. The lowest BCUT2D eigenvalue weighted by atomic mass is 10.3. The number of aryl methyl sites for hydroxylation is 2. The van der Waals surface area contributed by atoms with Gasteiger partial charge in [0.05, 0.1) is 17.6 Å². The minimum Gasteiger partial charge on any atom is -0.382 e. The van der Waals surface area contributed by atoms with Gasteiger partial charge in [0.2, 0.25) is 5.82 Å². The van der Waals surface area contributed by atoms with Crippen molar-refractivity contribution in [1.82, 2.24) is 9.78 Å². The number of hydrogen-bond acceptors (Lipinski definition) is 6. The van der Waals surface area contributed by atoms with Gasteiger partial charge in [-0.3, -0.25) is 10.1 Å². The Hall–Kier alpha value is -1.67. The van der Waals surface area contributed by atoms with Crippen molar-refractivity contribution < 1.29 is 14.4 Å². The van der Waals surface area contributed by atoms with Gasteiger partial charge in [-0.15, -0.1) is 0 Å². The van der Waals surface area contributed by atoms with Crippen LogP contribution in [0.15, 0.2) is 0 Å². The summed E-state index contributed by atoms with van der Waals surface area (Å²) in [5.74, 6) is 0.389. The molecule has 0 fully saturated rings. The molecule has 0 bridgehead atoms. The third kappa shape index (κ3) is 3.65. The predicted molar refractivity (Wildman–Crippen MR) is 70.4 cm³/mol. The predicted octanol–water partition coefficient (Wildman–Crippen LogP) is 0.964. The van der Waals surface area contributed by atoms with Gasteiger partial charge >= 0.3 is 5.69 Å². The summed E-state index contributed by atoms with van der Waals surface area (Å²) in [5, 5.41) is 18.3. The molecule has 0 aliphatic carbocycles. The minimum absolute atomic E-state index is 0.0252. The van der Waals surface area contributed by atoms with Gasteiger partial charge in [0.15, 0.2) is 0 Å². The first-order chi connectivity index (χ1) is 9.04. The van der Waals surface area contributed by atoms with Gasteiger partial charge in [-0.1, -0.05) is 6.92 Å². The summed E-state index contributed by atoms with van der Waals surface area (Å²) in [5.41, 5.74) is 0.493. The number of nitrogens with one attached hydrogen (secondary N) is 1. The van der Waals surface area contributed by atoms with Gasteiger partial charge in [-0.2, -0.15) is 5.10 Å². The standard InChI is InChI=1S/C11H20N4O4/c1-5-9-10(15(16)17)11(14(2)13-9)12-6-8(19-4)7-18-3/h8,12H,5-7H2,1-4H3. The summed E-state index contributed by atoms with van der Waals surface area (Å²) in [4.78, 5) is 10.7. The van der Waals surface area contributed by atoms with Gasteiger partial charge in [-0.05, 0) is 6.42 Å². The van der Waals surface area contributed by atoms with Crippen molar-refractivity contribution in [1.29, 1.82) is 0 Å². The molecular weight excluding hydrogens is 252 g/mol. The lowest BCUT2D eigenvalue weighted by Gasteiger charge is -2.15. The molecule has 8 heteroatoms. The summed E-state index contributed by atoms with van der Waals surface area (Å²) in [6, 6.07) is 0. The number of nitro groups is 1. The van der Waals surface area contributed by atoms with Crippen LogP contribution in [-0.4, -0.2) is 48.2 Å². The highest BCUT2D eigenvalue weighted by Crippen LogP contribution is 2.28. The van der Waals surface area contributed by atoms with Gasteiger partial charge in [0.25, 0.3) is 0 Å². The molecule has 8 nitrogen and oxygen atoms in total. The van der Waals surface area contributed by atoms with Crippen LogP contribution in [0.25, 0.3) is 0 Å². The maximum Gasteiger partial charge on any atom is 0.333 e. The number of ether oxygens (including phenoxy) is 2. The van der Waals surface area contributed by atoms with E-state index in [-0.39, 0.29) is 11.8 Å². The first-order valence-corrected chi connectivity index (χ1v) is 6.00. The zero-order chi connectivity index (χ0) is 14.4. The van der Waals surface area contributed by atoms with Gasteiger partial charge in [-0.25, -0.2) is 4.68 Å². The van der Waals surface area contributed by atoms with E-state index in [9.17, 15) is 10.1 Å². The van der Waals surface area contributed by atoms with E-state index < -0.39 is 4.92 Å². The molecule has 0 aliphatic rings. The van der Waals surface area contributed by atoms with Crippen LogP contribution in [0.3, 0.4) is 0 Å². The van der Waals surface area contributed by atoms with Crippen LogP contribution in [0.1, 0.15) is 12.6 Å². The zero-order valence-corrected chi connectivity index (χ0v) is 11.7. The Morgan fingerprint density at radius 1 is 1.53 bits per heavy atom. The van der Waals surface area contributed by atoms with Crippen LogP contribution < -0.4 is 5.32 Å². The SMILES string of the molecule is CCc1nn(C)c(NCC(COC)OC)c1[N+](=O)[O-]. The molecule has 0 radical (unpaired) electrons. The van der Waals surface area contributed by atoms with E-state index in [1.54, 1.807) is 21.3 Å². The fraction of sp³-hybridized carbons (Fsp3) is 0.727. The number of rotatable bonds is 8. The first kappa shape index (κ1) is 15.4. The summed E-state index contributed by atoms with van der Waals surface area (Å²) in [6.07, 6.45) is 0.335. The molecule has 1 aromatic rings. The van der Waals surface area contributed by atoms with Crippen LogP contribution in [0.2, 0.25) is 0 Å². The summed E-state index contributed by atoms with van der Waals surface area (Å²) in [7, 11) is 4.82. The second-order valence-corrected chi connectivity index (χ2v) is 4.07. The molecule has 1 aromatic heterocycles. The van der Waals surface area contributed by atoms with E-state index in [0.717, 1.165) is 0 Å². The fourth-order valence-electron chi connectivity index (χ4n) is 1.80. The highest BCUT2D eigenvalue weighted by Gasteiger charge is 2.25. The molecule has 1 atom stereocenters. The molecule has 0 amide bonds. The van der Waals surface area contributed by atoms with Crippen LogP contribution in [-0.2, 0) is 22.9 Å². The van der Waals surface area contributed by atoms with E-state index in [1.807, 2.05) is 6.92 Å². The van der Waals surface area contributed by atoms with Gasteiger partial charge in [0, 0.05) is 27.8 Å². The maximum atomic E-state index is 11.1. The summed E-state index contributed by atoms with van der Waals surface area (Å²) < 4.78 is 11.7. The Bertz CT molecular complexity index is 433. The van der Waals surface area contributed by atoms with Crippen molar-refractivity contribution in [3.8, 4) is 0 Å². The Kier molecular flexibility index (Phi) is 5.71. The highest BCUT2D eigenvalue weighted by molar-refractivity contribution is 5.59.